The van der Waals surface area contributed by atoms with Crippen molar-refractivity contribution >= 4 is 5.91 Å². The molecule has 5 nitrogen and oxygen atoms in total. The van der Waals surface area contributed by atoms with E-state index in [0.29, 0.717) is 6.42 Å². The van der Waals surface area contributed by atoms with Gasteiger partial charge in [0.1, 0.15) is 0 Å². The lowest BCUT2D eigenvalue weighted by molar-refractivity contribution is -0.124. The van der Waals surface area contributed by atoms with Gasteiger partial charge in [0.15, 0.2) is 0 Å². The predicted octanol–water partition coefficient (Wildman–Crippen LogP) is 14.3. The molecule has 0 aliphatic heterocycles. The molecule has 0 saturated heterocycles. The highest BCUT2D eigenvalue weighted by Crippen LogP contribution is 2.17. The predicted molar refractivity (Wildman–Crippen MR) is 241 cm³/mol. The monoisotopic (exact) mass is 774 g/mol. The van der Waals surface area contributed by atoms with Crippen molar-refractivity contribution in [1.82, 2.24) is 5.32 Å². The van der Waals surface area contributed by atoms with Crippen LogP contribution in [0.25, 0.3) is 0 Å². The Labute approximate surface area is 343 Å². The largest absolute Gasteiger partial charge is 0.394 e. The number of carbonyl (C=O) groups is 1. The van der Waals surface area contributed by atoms with Gasteiger partial charge in [0.25, 0.3) is 0 Å². The quantitative estimate of drug-likeness (QED) is 0.0367. The number of allylic oxidation sites excluding steroid dienone is 5. The molecule has 4 N–H and O–H groups in total. The van der Waals surface area contributed by atoms with Crippen LogP contribution in [0.15, 0.2) is 36.5 Å². The van der Waals surface area contributed by atoms with E-state index in [1.807, 2.05) is 6.08 Å². The molecule has 324 valence electrons. The van der Waals surface area contributed by atoms with E-state index in [2.05, 4.69) is 43.5 Å². The Hall–Kier alpha value is -1.43. The lowest BCUT2D eigenvalue weighted by Crippen LogP contribution is -2.45. The highest BCUT2D eigenvalue weighted by molar-refractivity contribution is 5.76. The van der Waals surface area contributed by atoms with Crippen molar-refractivity contribution in [2.45, 2.75) is 270 Å². The van der Waals surface area contributed by atoms with E-state index in [9.17, 15) is 20.1 Å². The third-order valence-corrected chi connectivity index (χ3v) is 11.2. The molecule has 3 atom stereocenters. The maximum absolute atomic E-state index is 12.4. The number of hydrogen-bond acceptors (Lipinski definition) is 4. The highest BCUT2D eigenvalue weighted by atomic mass is 16.3. The SMILES string of the molecule is CCCC/C=C/CC/C=C/CC/C=C/C(O)C(CO)NC(=O)CC(O)CCCCCCCCCCCCCCCCCCCCCCCCCCCCCC. The van der Waals surface area contributed by atoms with Gasteiger partial charge in [-0.1, -0.05) is 243 Å². The van der Waals surface area contributed by atoms with Crippen molar-refractivity contribution in [3.8, 4) is 0 Å². The van der Waals surface area contributed by atoms with Gasteiger partial charge in [-0.15, -0.1) is 0 Å². The Morgan fingerprint density at radius 3 is 1.15 bits per heavy atom. The highest BCUT2D eigenvalue weighted by Gasteiger charge is 2.20. The minimum absolute atomic E-state index is 0.00499. The molecule has 0 rings (SSSR count). The Bertz CT molecular complexity index is 855. The number of nitrogens with one attached hydrogen (secondary N) is 1. The standard InChI is InChI=1S/C50H95NO4/c1-3-5-7-9-11-13-15-17-18-19-20-21-22-23-24-25-26-27-28-29-30-31-32-33-35-37-39-41-43-47(53)45-50(55)51-48(46-52)49(54)44-42-40-38-36-34-16-14-12-10-8-6-4-2/h10,12,34,36,42,44,47-49,52-54H,3-9,11,13-33,35,37-41,43,45-46H2,1-2H3,(H,51,55)/b12-10+,36-34+,44-42+. The first-order valence-electron chi connectivity index (χ1n) is 24.3. The van der Waals surface area contributed by atoms with Crippen LogP contribution >= 0.6 is 0 Å². The topological polar surface area (TPSA) is 89.8 Å². The molecule has 3 unspecified atom stereocenters. The van der Waals surface area contributed by atoms with Gasteiger partial charge in [0.2, 0.25) is 5.91 Å². The number of aliphatic hydroxyl groups excluding tert-OH is 3. The number of unbranched alkanes of at least 4 members (excludes halogenated alkanes) is 31. The van der Waals surface area contributed by atoms with Gasteiger partial charge < -0.3 is 20.6 Å². The first-order chi connectivity index (χ1) is 27.0. The second kappa shape index (κ2) is 45.3. The Morgan fingerprint density at radius 2 is 0.782 bits per heavy atom. The fourth-order valence-corrected chi connectivity index (χ4v) is 7.42. The molecule has 0 bridgehead atoms. The van der Waals surface area contributed by atoms with Crippen LogP contribution in [0.1, 0.15) is 251 Å². The van der Waals surface area contributed by atoms with E-state index in [0.717, 1.165) is 38.5 Å². The van der Waals surface area contributed by atoms with Crippen molar-refractivity contribution in [3.05, 3.63) is 36.5 Å². The lowest BCUT2D eigenvalue weighted by Gasteiger charge is -2.21. The summed E-state index contributed by atoms with van der Waals surface area (Å²) >= 11 is 0. The Balaban J connectivity index is 3.53. The summed E-state index contributed by atoms with van der Waals surface area (Å²) in [5, 5.41) is 33.2. The number of aliphatic hydroxyl groups is 3. The Morgan fingerprint density at radius 1 is 0.455 bits per heavy atom. The molecule has 0 saturated carbocycles. The molecule has 1 amide bonds. The number of hydrogen-bond donors (Lipinski definition) is 4. The zero-order chi connectivity index (χ0) is 40.1. The van der Waals surface area contributed by atoms with E-state index >= 15 is 0 Å². The summed E-state index contributed by atoms with van der Waals surface area (Å²) in [6.07, 6.45) is 57.5. The average Bonchev–Trinajstić information content (AvgIpc) is 3.18. The molecule has 0 fully saturated rings. The summed E-state index contributed by atoms with van der Waals surface area (Å²) in [7, 11) is 0. The average molecular weight is 774 g/mol. The minimum atomic E-state index is -0.957. The van der Waals surface area contributed by atoms with E-state index in [1.54, 1.807) is 6.08 Å². The van der Waals surface area contributed by atoms with Gasteiger partial charge in [0, 0.05) is 0 Å². The van der Waals surface area contributed by atoms with Gasteiger partial charge in [-0.3, -0.25) is 4.79 Å². The van der Waals surface area contributed by atoms with Crippen LogP contribution in [-0.4, -0.2) is 46.1 Å². The molecule has 0 aromatic rings. The van der Waals surface area contributed by atoms with Crippen LogP contribution in [0.3, 0.4) is 0 Å². The second-order valence-corrected chi connectivity index (χ2v) is 16.7. The van der Waals surface area contributed by atoms with Gasteiger partial charge >= 0.3 is 0 Å². The van der Waals surface area contributed by atoms with E-state index in [-0.39, 0.29) is 18.9 Å². The van der Waals surface area contributed by atoms with Crippen LogP contribution in [0.4, 0.5) is 0 Å². The second-order valence-electron chi connectivity index (χ2n) is 16.7. The molecule has 5 heteroatoms. The summed E-state index contributed by atoms with van der Waals surface area (Å²) in [5.41, 5.74) is 0. The van der Waals surface area contributed by atoms with E-state index < -0.39 is 18.2 Å². The van der Waals surface area contributed by atoms with Gasteiger partial charge in [0.05, 0.1) is 31.3 Å². The summed E-state index contributed by atoms with van der Waals surface area (Å²) in [6, 6.07) is -0.764. The maximum atomic E-state index is 12.4. The lowest BCUT2D eigenvalue weighted by atomic mass is 10.0. The zero-order valence-corrected chi connectivity index (χ0v) is 36.8. The smallest absolute Gasteiger partial charge is 0.222 e. The molecule has 55 heavy (non-hydrogen) atoms. The summed E-state index contributed by atoms with van der Waals surface area (Å²) < 4.78 is 0. The van der Waals surface area contributed by atoms with Crippen LogP contribution in [0.2, 0.25) is 0 Å². The van der Waals surface area contributed by atoms with Crippen molar-refractivity contribution in [3.63, 3.8) is 0 Å². The van der Waals surface area contributed by atoms with Crippen molar-refractivity contribution in [2.24, 2.45) is 0 Å². The van der Waals surface area contributed by atoms with E-state index in [4.69, 9.17) is 0 Å². The molecular formula is C50H95NO4. The number of rotatable bonds is 44. The fraction of sp³-hybridized carbons (Fsp3) is 0.860. The summed E-state index contributed by atoms with van der Waals surface area (Å²) in [5.74, 6) is -0.328. The fourth-order valence-electron chi connectivity index (χ4n) is 7.42. The van der Waals surface area contributed by atoms with Crippen molar-refractivity contribution in [1.29, 1.82) is 0 Å². The number of carbonyl (C=O) groups excluding carboxylic acids is 1. The van der Waals surface area contributed by atoms with Gasteiger partial charge in [-0.2, -0.15) is 0 Å². The first kappa shape index (κ1) is 53.6. The van der Waals surface area contributed by atoms with Crippen molar-refractivity contribution < 1.29 is 20.1 Å². The Kier molecular flexibility index (Phi) is 44.1. The maximum Gasteiger partial charge on any atom is 0.222 e. The first-order valence-corrected chi connectivity index (χ1v) is 24.3. The summed E-state index contributed by atoms with van der Waals surface area (Å²) in [6.45, 7) is 4.16. The zero-order valence-electron chi connectivity index (χ0n) is 36.8. The van der Waals surface area contributed by atoms with E-state index in [1.165, 1.54) is 186 Å². The van der Waals surface area contributed by atoms with Crippen LogP contribution < -0.4 is 5.32 Å². The third kappa shape index (κ3) is 42.0. The van der Waals surface area contributed by atoms with Gasteiger partial charge in [-0.25, -0.2) is 0 Å². The molecule has 0 radical (unpaired) electrons. The minimum Gasteiger partial charge on any atom is -0.394 e. The number of amides is 1. The molecule has 0 spiro atoms. The van der Waals surface area contributed by atoms with Crippen LogP contribution in [0, 0.1) is 0 Å². The molecule has 0 heterocycles. The van der Waals surface area contributed by atoms with Gasteiger partial charge in [-0.05, 0) is 38.5 Å². The normalized spacial score (nSPS) is 13.8. The van der Waals surface area contributed by atoms with Crippen molar-refractivity contribution in [2.75, 3.05) is 6.61 Å². The van der Waals surface area contributed by atoms with Crippen LogP contribution in [0.5, 0.6) is 0 Å². The molecule has 0 aliphatic carbocycles. The molecule has 0 aromatic heterocycles. The molecule has 0 aliphatic rings. The third-order valence-electron chi connectivity index (χ3n) is 11.2. The molecular weight excluding hydrogens is 679 g/mol. The van der Waals surface area contributed by atoms with Crippen LogP contribution in [-0.2, 0) is 4.79 Å². The molecule has 0 aromatic carbocycles. The summed E-state index contributed by atoms with van der Waals surface area (Å²) in [4.78, 5) is 12.4.